The number of hydrogen-bond acceptors (Lipinski definition) is 2. The largest absolute Gasteiger partial charge is 0.473 e. The van der Waals surface area contributed by atoms with Crippen LogP contribution in [0.1, 0.15) is 23.6 Å². The zero-order chi connectivity index (χ0) is 16.8. The summed E-state index contributed by atoms with van der Waals surface area (Å²) in [5.41, 5.74) is 4.26. The molecule has 0 fully saturated rings. The van der Waals surface area contributed by atoms with E-state index in [1.165, 1.54) is 5.56 Å². The molecule has 0 aliphatic carbocycles. The van der Waals surface area contributed by atoms with Crippen molar-refractivity contribution in [3.05, 3.63) is 59.2 Å². The van der Waals surface area contributed by atoms with E-state index in [0.29, 0.717) is 6.54 Å². The van der Waals surface area contributed by atoms with Crippen LogP contribution in [-0.2, 0) is 0 Å². The first-order valence-electron chi connectivity index (χ1n) is 7.83. The highest BCUT2D eigenvalue weighted by atomic mass is 16.5. The molecule has 0 bridgehead atoms. The highest BCUT2D eigenvalue weighted by molar-refractivity contribution is 5.91. The minimum Gasteiger partial charge on any atom is -0.473 e. The van der Waals surface area contributed by atoms with E-state index in [4.69, 9.17) is 4.74 Å². The van der Waals surface area contributed by atoms with E-state index >= 15 is 0 Å². The quantitative estimate of drug-likeness (QED) is 0.841. The Morgan fingerprint density at radius 1 is 1.09 bits per heavy atom. The molecule has 0 atom stereocenters. The first kappa shape index (κ1) is 16.9. The molecule has 2 aromatic carbocycles. The van der Waals surface area contributed by atoms with Gasteiger partial charge in [0, 0.05) is 12.2 Å². The number of nitrogens with one attached hydrogen (secondary N) is 1. The van der Waals surface area contributed by atoms with E-state index in [0.717, 1.165) is 22.6 Å². The van der Waals surface area contributed by atoms with Crippen LogP contribution in [-0.4, -0.2) is 19.3 Å². The molecule has 4 nitrogen and oxygen atoms in total. The molecule has 0 saturated carbocycles. The topological polar surface area (TPSA) is 41.6 Å². The summed E-state index contributed by atoms with van der Waals surface area (Å²) < 4.78 is 5.66. The second-order valence-electron chi connectivity index (χ2n) is 5.62. The zero-order valence-electron chi connectivity index (χ0n) is 14.2. The molecule has 0 aliphatic heterocycles. The maximum absolute atomic E-state index is 12.4. The van der Waals surface area contributed by atoms with Crippen molar-refractivity contribution in [2.45, 2.75) is 27.7 Å². The van der Waals surface area contributed by atoms with Crippen molar-refractivity contribution in [2.24, 2.45) is 0 Å². The van der Waals surface area contributed by atoms with Gasteiger partial charge in [-0.05, 0) is 57.0 Å². The zero-order valence-corrected chi connectivity index (χ0v) is 14.2. The first-order chi connectivity index (χ1) is 11.0. The SMILES string of the molecule is CCN(C(=O)NCOc1ccc(C)cc1C)c1cccc(C)c1. The Bertz CT molecular complexity index is 683. The molecule has 0 aliphatic rings. The van der Waals surface area contributed by atoms with E-state index in [-0.39, 0.29) is 12.8 Å². The molecule has 0 aromatic heterocycles. The van der Waals surface area contributed by atoms with Crippen LogP contribution in [0.15, 0.2) is 42.5 Å². The summed E-state index contributed by atoms with van der Waals surface area (Å²) in [6.07, 6.45) is 0. The maximum atomic E-state index is 12.4. The molecule has 4 heteroatoms. The minimum absolute atomic E-state index is 0.144. The van der Waals surface area contributed by atoms with Gasteiger partial charge in [-0.15, -0.1) is 0 Å². The van der Waals surface area contributed by atoms with Crippen LogP contribution < -0.4 is 15.0 Å². The van der Waals surface area contributed by atoms with Gasteiger partial charge >= 0.3 is 6.03 Å². The van der Waals surface area contributed by atoms with Crippen molar-refractivity contribution in [2.75, 3.05) is 18.2 Å². The van der Waals surface area contributed by atoms with Gasteiger partial charge in [0.05, 0.1) is 0 Å². The third-order valence-corrected chi connectivity index (χ3v) is 3.66. The number of rotatable bonds is 5. The molecule has 2 rings (SSSR count). The number of carbonyl (C=O) groups is 1. The Morgan fingerprint density at radius 2 is 1.83 bits per heavy atom. The Balaban J connectivity index is 1.95. The monoisotopic (exact) mass is 312 g/mol. The average molecular weight is 312 g/mol. The molecule has 0 saturated heterocycles. The summed E-state index contributed by atoms with van der Waals surface area (Å²) in [7, 11) is 0. The van der Waals surface area contributed by atoms with Crippen LogP contribution in [0.4, 0.5) is 10.5 Å². The van der Waals surface area contributed by atoms with Crippen molar-refractivity contribution < 1.29 is 9.53 Å². The van der Waals surface area contributed by atoms with Gasteiger partial charge in [0.25, 0.3) is 0 Å². The first-order valence-corrected chi connectivity index (χ1v) is 7.83. The Hall–Kier alpha value is -2.49. The highest BCUT2D eigenvalue weighted by Gasteiger charge is 2.13. The highest BCUT2D eigenvalue weighted by Crippen LogP contribution is 2.18. The fraction of sp³-hybridized carbons (Fsp3) is 0.316. The summed E-state index contributed by atoms with van der Waals surface area (Å²) in [5, 5.41) is 2.81. The minimum atomic E-state index is -0.164. The lowest BCUT2D eigenvalue weighted by Crippen LogP contribution is -2.41. The number of hydrogen-bond donors (Lipinski definition) is 1. The lowest BCUT2D eigenvalue weighted by atomic mass is 10.1. The summed E-state index contributed by atoms with van der Waals surface area (Å²) >= 11 is 0. The molecule has 0 heterocycles. The molecule has 0 spiro atoms. The van der Waals surface area contributed by atoms with Crippen LogP contribution in [0.5, 0.6) is 5.75 Å². The van der Waals surface area contributed by atoms with Gasteiger partial charge in [-0.25, -0.2) is 4.79 Å². The molecular formula is C19H24N2O2. The van der Waals surface area contributed by atoms with Crippen LogP contribution in [0.2, 0.25) is 0 Å². The summed E-state index contributed by atoms with van der Waals surface area (Å²) in [6.45, 7) is 8.74. The third kappa shape index (κ3) is 4.49. The van der Waals surface area contributed by atoms with Crippen molar-refractivity contribution in [1.29, 1.82) is 0 Å². The number of nitrogens with zero attached hydrogens (tertiary/aromatic N) is 1. The number of aryl methyl sites for hydroxylation is 3. The van der Waals surface area contributed by atoms with Crippen LogP contribution in [0.25, 0.3) is 0 Å². The number of benzene rings is 2. The van der Waals surface area contributed by atoms with Crippen molar-refractivity contribution in [1.82, 2.24) is 5.32 Å². The lowest BCUT2D eigenvalue weighted by Gasteiger charge is -2.22. The second kappa shape index (κ2) is 7.68. The number of ether oxygens (including phenoxy) is 1. The molecule has 122 valence electrons. The molecule has 1 N–H and O–H groups in total. The average Bonchev–Trinajstić information content (AvgIpc) is 2.50. The molecule has 0 unspecified atom stereocenters. The van der Waals surface area contributed by atoms with Gasteiger partial charge < -0.3 is 10.1 Å². The van der Waals surface area contributed by atoms with Gasteiger partial charge in [0.1, 0.15) is 5.75 Å². The second-order valence-corrected chi connectivity index (χ2v) is 5.62. The van der Waals surface area contributed by atoms with Crippen LogP contribution >= 0.6 is 0 Å². The molecular weight excluding hydrogens is 288 g/mol. The fourth-order valence-corrected chi connectivity index (χ4v) is 2.47. The standard InChI is InChI=1S/C19H24N2O2/c1-5-21(17-8-6-7-14(2)12-17)19(22)20-13-23-18-10-9-15(3)11-16(18)4/h6-12H,5,13H2,1-4H3,(H,20,22). The van der Waals surface area contributed by atoms with Gasteiger partial charge in [-0.1, -0.05) is 29.8 Å². The van der Waals surface area contributed by atoms with E-state index < -0.39 is 0 Å². The van der Waals surface area contributed by atoms with Gasteiger partial charge in [-0.2, -0.15) is 0 Å². The van der Waals surface area contributed by atoms with Crippen molar-refractivity contribution >= 4 is 11.7 Å². The predicted octanol–water partition coefficient (Wildman–Crippen LogP) is 4.18. The molecule has 2 aromatic rings. The van der Waals surface area contributed by atoms with E-state index in [2.05, 4.69) is 11.4 Å². The van der Waals surface area contributed by atoms with E-state index in [1.54, 1.807) is 4.90 Å². The molecule has 23 heavy (non-hydrogen) atoms. The normalized spacial score (nSPS) is 10.3. The van der Waals surface area contributed by atoms with Gasteiger partial charge in [-0.3, -0.25) is 4.90 Å². The van der Waals surface area contributed by atoms with E-state index in [1.807, 2.05) is 64.1 Å². The molecule has 2 amide bonds. The van der Waals surface area contributed by atoms with Gasteiger partial charge in [0.15, 0.2) is 6.73 Å². The molecule has 0 radical (unpaired) electrons. The maximum Gasteiger partial charge on any atom is 0.324 e. The van der Waals surface area contributed by atoms with Crippen molar-refractivity contribution in [3.63, 3.8) is 0 Å². The smallest absolute Gasteiger partial charge is 0.324 e. The number of amides is 2. The van der Waals surface area contributed by atoms with Gasteiger partial charge in [0.2, 0.25) is 0 Å². The number of carbonyl (C=O) groups excluding carboxylic acids is 1. The Labute approximate surface area is 138 Å². The number of urea groups is 1. The lowest BCUT2D eigenvalue weighted by molar-refractivity contribution is 0.229. The van der Waals surface area contributed by atoms with Crippen LogP contribution in [0, 0.1) is 20.8 Å². The Kier molecular flexibility index (Phi) is 5.63. The van der Waals surface area contributed by atoms with E-state index in [9.17, 15) is 4.79 Å². The summed E-state index contributed by atoms with van der Waals surface area (Å²) in [5.74, 6) is 0.787. The Morgan fingerprint density at radius 3 is 2.48 bits per heavy atom. The summed E-state index contributed by atoms with van der Waals surface area (Å²) in [4.78, 5) is 14.0. The third-order valence-electron chi connectivity index (χ3n) is 3.66. The fourth-order valence-electron chi connectivity index (χ4n) is 2.47. The van der Waals surface area contributed by atoms with Crippen LogP contribution in [0.3, 0.4) is 0 Å². The van der Waals surface area contributed by atoms with Crippen molar-refractivity contribution in [3.8, 4) is 5.75 Å². The number of anilines is 1. The summed E-state index contributed by atoms with van der Waals surface area (Å²) in [6, 6.07) is 13.7. The predicted molar refractivity (Wildman–Crippen MR) is 94.1 cm³/mol.